The van der Waals surface area contributed by atoms with E-state index < -0.39 is 0 Å². The summed E-state index contributed by atoms with van der Waals surface area (Å²) in [6, 6.07) is 53.5. The molecule has 1 spiro atoms. The summed E-state index contributed by atoms with van der Waals surface area (Å²) < 4.78 is 6.54. The standard InChI is InChI=1S/C41H24O/c1-4-15-34-28(11-1)29-12-2-5-16-35(29)41(34)36-17-6-3-13-30(36)31-21-19-26(23-37(31)41)27-20-22-32-33-14-7-9-25-10-8-18-38(40(25)33)42-39(32)24-27/h1-24H. The van der Waals surface area contributed by atoms with Crippen LogP contribution in [0.3, 0.4) is 0 Å². The molecule has 1 heterocycles. The normalized spacial score (nSPS) is 14.1. The Morgan fingerprint density at radius 3 is 1.55 bits per heavy atom. The van der Waals surface area contributed by atoms with E-state index in [4.69, 9.17) is 4.74 Å². The van der Waals surface area contributed by atoms with Gasteiger partial charge in [0.1, 0.15) is 11.5 Å². The van der Waals surface area contributed by atoms with Crippen LogP contribution in [0.25, 0.3) is 55.3 Å². The molecule has 1 nitrogen and oxygen atoms in total. The summed E-state index contributed by atoms with van der Waals surface area (Å²) in [4.78, 5) is 0. The van der Waals surface area contributed by atoms with Crippen molar-refractivity contribution in [2.45, 2.75) is 5.41 Å². The summed E-state index contributed by atoms with van der Waals surface area (Å²) in [5.74, 6) is 1.84. The molecule has 0 aromatic heterocycles. The van der Waals surface area contributed by atoms with Gasteiger partial charge in [-0.2, -0.15) is 0 Å². The summed E-state index contributed by atoms with van der Waals surface area (Å²) in [6.07, 6.45) is 0. The molecule has 0 saturated carbocycles. The highest BCUT2D eigenvalue weighted by Crippen LogP contribution is 2.63. The van der Waals surface area contributed by atoms with Gasteiger partial charge in [-0.15, -0.1) is 0 Å². The van der Waals surface area contributed by atoms with Gasteiger partial charge in [0.25, 0.3) is 0 Å². The molecule has 1 aliphatic heterocycles. The summed E-state index contributed by atoms with van der Waals surface area (Å²) in [5.41, 5.74) is 15.2. The zero-order valence-electron chi connectivity index (χ0n) is 22.8. The minimum atomic E-state index is -0.339. The van der Waals surface area contributed by atoms with Crippen molar-refractivity contribution < 1.29 is 4.74 Å². The van der Waals surface area contributed by atoms with Crippen LogP contribution in [0.4, 0.5) is 0 Å². The molecule has 0 radical (unpaired) electrons. The molecule has 3 aliphatic rings. The van der Waals surface area contributed by atoms with Gasteiger partial charge in [0.2, 0.25) is 0 Å². The van der Waals surface area contributed by atoms with Crippen LogP contribution in [0.5, 0.6) is 11.5 Å². The Hall–Kier alpha value is -5.40. The topological polar surface area (TPSA) is 9.23 Å². The lowest BCUT2D eigenvalue weighted by atomic mass is 9.70. The molecule has 0 N–H and O–H groups in total. The van der Waals surface area contributed by atoms with Crippen LogP contribution in [0.2, 0.25) is 0 Å². The number of hydrogen-bond donors (Lipinski definition) is 0. The third-order valence-electron chi connectivity index (χ3n) is 9.69. The Bertz CT molecular complexity index is 2220. The molecule has 0 amide bonds. The average molecular weight is 533 g/mol. The van der Waals surface area contributed by atoms with Gasteiger partial charge < -0.3 is 4.74 Å². The first-order valence-electron chi connectivity index (χ1n) is 14.6. The molecule has 10 rings (SSSR count). The number of fused-ring (bicyclic) bond motifs is 12. The van der Waals surface area contributed by atoms with E-state index >= 15 is 0 Å². The first-order valence-corrected chi connectivity index (χ1v) is 14.6. The van der Waals surface area contributed by atoms with E-state index in [2.05, 4.69) is 146 Å². The molecule has 0 unspecified atom stereocenters. The van der Waals surface area contributed by atoms with Crippen molar-refractivity contribution in [1.82, 2.24) is 0 Å². The van der Waals surface area contributed by atoms with E-state index in [9.17, 15) is 0 Å². The smallest absolute Gasteiger partial charge is 0.135 e. The van der Waals surface area contributed by atoms with Gasteiger partial charge in [0.05, 0.1) is 5.41 Å². The van der Waals surface area contributed by atoms with E-state index in [-0.39, 0.29) is 5.41 Å². The fourth-order valence-corrected chi connectivity index (χ4v) is 8.02. The lowest BCUT2D eigenvalue weighted by molar-refractivity contribution is 0.487. The number of benzene rings is 7. The van der Waals surface area contributed by atoms with Gasteiger partial charge in [-0.3, -0.25) is 0 Å². The van der Waals surface area contributed by atoms with Crippen LogP contribution in [0.1, 0.15) is 22.3 Å². The van der Waals surface area contributed by atoms with Crippen LogP contribution in [0, 0.1) is 0 Å². The van der Waals surface area contributed by atoms with Crippen molar-refractivity contribution in [3.8, 4) is 56.0 Å². The monoisotopic (exact) mass is 532 g/mol. The third-order valence-corrected chi connectivity index (χ3v) is 9.69. The van der Waals surface area contributed by atoms with Crippen LogP contribution in [0.15, 0.2) is 146 Å². The Labute approximate surface area is 244 Å². The first-order chi connectivity index (χ1) is 20.8. The lowest BCUT2D eigenvalue weighted by Gasteiger charge is -2.30. The van der Waals surface area contributed by atoms with Crippen LogP contribution in [-0.4, -0.2) is 0 Å². The molecule has 42 heavy (non-hydrogen) atoms. The summed E-state index contributed by atoms with van der Waals surface area (Å²) in [5, 5.41) is 2.40. The van der Waals surface area contributed by atoms with Crippen LogP contribution in [-0.2, 0) is 5.41 Å². The molecule has 7 aromatic carbocycles. The van der Waals surface area contributed by atoms with Gasteiger partial charge in [0.15, 0.2) is 0 Å². The van der Waals surface area contributed by atoms with E-state index in [0.717, 1.165) is 22.6 Å². The molecule has 0 bridgehead atoms. The summed E-state index contributed by atoms with van der Waals surface area (Å²) in [6.45, 7) is 0. The number of ether oxygens (including phenoxy) is 1. The Balaban J connectivity index is 1.21. The second kappa shape index (κ2) is 7.87. The zero-order valence-corrected chi connectivity index (χ0v) is 22.8. The third kappa shape index (κ3) is 2.64. The molecule has 0 atom stereocenters. The quantitative estimate of drug-likeness (QED) is 0.204. The molecule has 2 aliphatic carbocycles. The maximum absolute atomic E-state index is 6.54. The van der Waals surface area contributed by atoms with Gasteiger partial charge in [-0.25, -0.2) is 0 Å². The maximum atomic E-state index is 6.54. The highest BCUT2D eigenvalue weighted by molar-refractivity contribution is 6.04. The molecular formula is C41H24O. The lowest BCUT2D eigenvalue weighted by Crippen LogP contribution is -2.25. The minimum Gasteiger partial charge on any atom is -0.456 e. The van der Waals surface area contributed by atoms with Crippen LogP contribution < -0.4 is 4.74 Å². The van der Waals surface area contributed by atoms with Crippen molar-refractivity contribution in [1.29, 1.82) is 0 Å². The number of rotatable bonds is 1. The Morgan fingerprint density at radius 2 is 0.881 bits per heavy atom. The van der Waals surface area contributed by atoms with E-state index in [1.54, 1.807) is 0 Å². The predicted molar refractivity (Wildman–Crippen MR) is 171 cm³/mol. The van der Waals surface area contributed by atoms with E-state index in [1.807, 2.05) is 0 Å². The molecular weight excluding hydrogens is 508 g/mol. The minimum absolute atomic E-state index is 0.339. The second-order valence-electron chi connectivity index (χ2n) is 11.6. The number of hydrogen-bond acceptors (Lipinski definition) is 1. The molecule has 0 saturated heterocycles. The van der Waals surface area contributed by atoms with Gasteiger partial charge in [0, 0.05) is 10.9 Å². The highest BCUT2D eigenvalue weighted by Gasteiger charge is 2.51. The van der Waals surface area contributed by atoms with E-state index in [0.29, 0.717) is 0 Å². The molecule has 1 heteroatoms. The average Bonchev–Trinajstić information content (AvgIpc) is 3.52. The predicted octanol–water partition coefficient (Wildman–Crippen LogP) is 10.6. The highest BCUT2D eigenvalue weighted by atomic mass is 16.5. The first kappa shape index (κ1) is 22.3. The maximum Gasteiger partial charge on any atom is 0.135 e. The largest absolute Gasteiger partial charge is 0.456 e. The molecule has 0 fully saturated rings. The SMILES string of the molecule is c1ccc2c(c1)-c1ccccc1C21c2ccccc2-c2ccc(-c3ccc4c(c3)Oc3cccc5cccc-4c35)cc21. The van der Waals surface area contributed by atoms with Crippen molar-refractivity contribution in [2.24, 2.45) is 0 Å². The van der Waals surface area contributed by atoms with E-state index in [1.165, 1.54) is 66.4 Å². The summed E-state index contributed by atoms with van der Waals surface area (Å²) in [7, 11) is 0. The van der Waals surface area contributed by atoms with Crippen molar-refractivity contribution in [2.75, 3.05) is 0 Å². The van der Waals surface area contributed by atoms with Crippen LogP contribution >= 0.6 is 0 Å². The fourth-order valence-electron chi connectivity index (χ4n) is 8.02. The Morgan fingerprint density at radius 1 is 0.357 bits per heavy atom. The Kier molecular flexibility index (Phi) is 4.18. The zero-order chi connectivity index (χ0) is 27.4. The van der Waals surface area contributed by atoms with Crippen molar-refractivity contribution in [3.05, 3.63) is 168 Å². The fraction of sp³-hybridized carbons (Fsp3) is 0.0244. The van der Waals surface area contributed by atoms with Crippen molar-refractivity contribution >= 4 is 10.8 Å². The summed E-state index contributed by atoms with van der Waals surface area (Å²) >= 11 is 0. The van der Waals surface area contributed by atoms with Gasteiger partial charge in [-0.05, 0) is 90.8 Å². The van der Waals surface area contributed by atoms with Gasteiger partial charge in [-0.1, -0.05) is 121 Å². The van der Waals surface area contributed by atoms with Gasteiger partial charge >= 0.3 is 0 Å². The second-order valence-corrected chi connectivity index (χ2v) is 11.6. The van der Waals surface area contributed by atoms with Crippen molar-refractivity contribution in [3.63, 3.8) is 0 Å². The molecule has 194 valence electrons. The molecule has 7 aromatic rings.